The van der Waals surface area contributed by atoms with Gasteiger partial charge in [0.25, 0.3) is 0 Å². The Kier molecular flexibility index (Phi) is 17.2. The summed E-state index contributed by atoms with van der Waals surface area (Å²) in [5.74, 6) is -0.109. The zero-order valence-electron chi connectivity index (χ0n) is 18.5. The van der Waals surface area contributed by atoms with Crippen LogP contribution in [0.4, 0.5) is 0 Å². The summed E-state index contributed by atoms with van der Waals surface area (Å²) < 4.78 is 0. The van der Waals surface area contributed by atoms with Crippen molar-refractivity contribution in [1.29, 1.82) is 0 Å². The Hall–Kier alpha value is -0.794. The quantitative estimate of drug-likeness (QED) is 0.263. The minimum Gasteiger partial charge on any atom is -0.382 e. The molecule has 2 fully saturated rings. The number of ketones is 1. The largest absolute Gasteiger partial charge is 0.382 e. The van der Waals surface area contributed by atoms with Crippen LogP contribution in [0.25, 0.3) is 0 Å². The normalized spacial score (nSPS) is 18.4. The van der Waals surface area contributed by atoms with Crippen molar-refractivity contribution in [2.75, 3.05) is 0 Å². The average molecular weight is 699 g/mol. The molecule has 0 bridgehead atoms. The van der Waals surface area contributed by atoms with E-state index in [0.717, 1.165) is 44.0 Å². The van der Waals surface area contributed by atoms with Crippen LogP contribution < -0.4 is 0 Å². The van der Waals surface area contributed by atoms with Crippen molar-refractivity contribution >= 4 is 12.1 Å². The van der Waals surface area contributed by atoms with Gasteiger partial charge in [0.05, 0.1) is 6.42 Å². The van der Waals surface area contributed by atoms with E-state index in [2.05, 4.69) is 0 Å². The Morgan fingerprint density at radius 2 is 1.47 bits per heavy atom. The van der Waals surface area contributed by atoms with Gasteiger partial charge in [-0.25, -0.2) is 0 Å². The number of rotatable bonds is 3. The van der Waals surface area contributed by atoms with E-state index in [9.17, 15) is 14.7 Å². The summed E-state index contributed by atoms with van der Waals surface area (Å²) in [6.45, 7) is 0. The van der Waals surface area contributed by atoms with Crippen molar-refractivity contribution in [1.82, 2.24) is 0 Å². The van der Waals surface area contributed by atoms with Gasteiger partial charge < -0.3 is 10.2 Å². The summed E-state index contributed by atoms with van der Waals surface area (Å²) >= 11 is 0. The number of carbonyl (C=O) groups excluding carboxylic acids is 2. The number of carbonyl (C=O) groups is 2. The number of Topliss-reactive ketones (excluding diaryl/α,β-unsaturated/α-hetero) is 1. The summed E-state index contributed by atoms with van der Waals surface area (Å²) in [7, 11) is 0. The van der Waals surface area contributed by atoms with Crippen LogP contribution in [0.1, 0.15) is 78.5 Å². The second-order valence-electron chi connectivity index (χ2n) is 7.90. The van der Waals surface area contributed by atoms with E-state index in [0.29, 0.717) is 18.4 Å². The molecule has 0 saturated heterocycles. The molecule has 0 heterocycles. The van der Waals surface area contributed by atoms with Crippen LogP contribution in [0.3, 0.4) is 0 Å². The molecule has 4 nitrogen and oxygen atoms in total. The average Bonchev–Trinajstić information content (AvgIpc) is 2.81. The first-order valence-corrected chi connectivity index (χ1v) is 10.9. The molecule has 2 aliphatic carbocycles. The first kappa shape index (κ1) is 31.2. The van der Waals surface area contributed by atoms with E-state index in [-0.39, 0.29) is 61.6 Å². The van der Waals surface area contributed by atoms with Crippen molar-refractivity contribution < 1.29 is 69.5 Å². The van der Waals surface area contributed by atoms with Crippen molar-refractivity contribution in [2.24, 2.45) is 0 Å². The third-order valence-electron chi connectivity index (χ3n) is 5.47. The Labute approximate surface area is 227 Å². The van der Waals surface area contributed by atoms with E-state index in [1.54, 1.807) is 24.3 Å². The van der Waals surface area contributed by atoms with Gasteiger partial charge in [0, 0.05) is 67.2 Å². The van der Waals surface area contributed by atoms with Crippen LogP contribution >= 0.6 is 0 Å². The smallest absolute Gasteiger partial charge is 0.194 e. The molecule has 0 amide bonds. The summed E-state index contributed by atoms with van der Waals surface area (Å²) in [5.41, 5.74) is 0.258. The minimum atomic E-state index is -1.10. The van der Waals surface area contributed by atoms with Crippen LogP contribution in [-0.2, 0) is 18.6 Å². The van der Waals surface area contributed by atoms with Gasteiger partial charge in [-0.1, -0.05) is 79.9 Å². The summed E-state index contributed by atoms with van der Waals surface area (Å²) in [4.78, 5) is 22.1. The standard InChI is InChI=1S/C13H16O2.C7H6O.C6H11O.U.V/c14-12(11-7-3-1-4-8-11)13(15)9-5-2-6-10-13;8-6-7-4-2-1-3-5-7;7-6-4-2-1-3-5-6;;/h1,3-4,7-8,15H,2,5-6,9-10H2;1-6H;4,6-7H,1-3,5H2;;/q;;+1;;. The molecule has 1 radical (unpaired) electrons. The molecule has 0 spiro atoms. The molecule has 2 saturated carbocycles. The Bertz CT molecular complexity index is 743. The second-order valence-corrected chi connectivity index (χ2v) is 7.90. The van der Waals surface area contributed by atoms with Gasteiger partial charge in [-0.2, -0.15) is 0 Å². The molecule has 0 aliphatic heterocycles. The minimum absolute atomic E-state index is 0. The summed E-state index contributed by atoms with van der Waals surface area (Å²) in [6.07, 6.45) is 11.6. The molecule has 2 aromatic rings. The third-order valence-corrected chi connectivity index (χ3v) is 5.47. The molecule has 4 rings (SSSR count). The molecule has 2 aliphatic rings. The maximum Gasteiger partial charge on any atom is 0.194 e. The molecule has 1 atom stereocenters. The van der Waals surface area contributed by atoms with Crippen LogP contribution in [0.5, 0.6) is 0 Å². The Morgan fingerprint density at radius 3 is 1.88 bits per heavy atom. The van der Waals surface area contributed by atoms with Gasteiger partial charge in [-0.05, 0) is 25.7 Å². The van der Waals surface area contributed by atoms with Crippen molar-refractivity contribution in [3.63, 3.8) is 0 Å². The maximum absolute atomic E-state index is 12.1. The molecule has 0 aromatic heterocycles. The number of hydrogen-bond donors (Lipinski definition) is 2. The molecule has 1 unspecified atom stereocenters. The van der Waals surface area contributed by atoms with Gasteiger partial charge in [0.2, 0.25) is 0 Å². The fourth-order valence-corrected chi connectivity index (χ4v) is 3.68. The molecule has 169 valence electrons. The van der Waals surface area contributed by atoms with E-state index in [1.807, 2.05) is 42.8 Å². The van der Waals surface area contributed by atoms with Gasteiger partial charge in [-0.3, -0.25) is 9.59 Å². The van der Waals surface area contributed by atoms with Crippen LogP contribution in [0.15, 0.2) is 60.7 Å². The Morgan fingerprint density at radius 1 is 0.906 bits per heavy atom. The third kappa shape index (κ3) is 11.4. The van der Waals surface area contributed by atoms with Gasteiger partial charge >= 0.3 is 0 Å². The topological polar surface area (TPSA) is 74.6 Å². The number of hydrogen-bond acceptors (Lipinski definition) is 4. The number of aldehydes is 1. The zero-order chi connectivity index (χ0) is 21.7. The monoisotopic (exact) mass is 698 g/mol. The second kappa shape index (κ2) is 17.7. The Balaban J connectivity index is 0.000000482. The zero-order valence-corrected chi connectivity index (χ0v) is 24.1. The molecular weight excluding hydrogens is 665 g/mol. The van der Waals surface area contributed by atoms with E-state index < -0.39 is 5.60 Å². The SMILES string of the molecule is O=C(c1ccccc1)C1(O)CCCCC1.O=Cc1ccccc1.OC1[CH+]CCCC1.[U].[V]. The van der Waals surface area contributed by atoms with Gasteiger partial charge in [-0.15, -0.1) is 0 Å². The van der Waals surface area contributed by atoms with E-state index >= 15 is 0 Å². The number of aliphatic hydroxyl groups excluding tert-OH is 1. The summed E-state index contributed by atoms with van der Waals surface area (Å²) in [5, 5.41) is 19.1. The van der Waals surface area contributed by atoms with Crippen molar-refractivity contribution in [3.05, 3.63) is 78.2 Å². The predicted molar refractivity (Wildman–Crippen MR) is 119 cm³/mol. The fraction of sp³-hybridized carbons (Fsp3) is 0.423. The van der Waals surface area contributed by atoms with Crippen molar-refractivity contribution in [2.45, 2.75) is 69.5 Å². The van der Waals surface area contributed by atoms with Crippen LogP contribution in [-0.4, -0.2) is 34.0 Å². The number of aliphatic hydroxyl groups is 2. The van der Waals surface area contributed by atoms with E-state index in [1.165, 1.54) is 12.8 Å². The first-order valence-electron chi connectivity index (χ1n) is 10.9. The molecule has 6 heteroatoms. The van der Waals surface area contributed by atoms with Gasteiger partial charge in [0.1, 0.15) is 18.3 Å². The number of benzene rings is 2. The van der Waals surface area contributed by atoms with Crippen LogP contribution in [0, 0.1) is 37.5 Å². The van der Waals surface area contributed by atoms with E-state index in [4.69, 9.17) is 5.11 Å². The molecule has 32 heavy (non-hydrogen) atoms. The fourth-order valence-electron chi connectivity index (χ4n) is 3.68. The first-order chi connectivity index (χ1) is 14.5. The molecular formula is C26H33O4UV+. The molecule has 2 aromatic carbocycles. The predicted octanol–water partition coefficient (Wildman–Crippen LogP) is 5.19. The molecule has 2 N–H and O–H groups in total. The van der Waals surface area contributed by atoms with Gasteiger partial charge in [0.15, 0.2) is 11.9 Å². The maximum atomic E-state index is 12.1. The summed E-state index contributed by atoms with van der Waals surface area (Å²) in [6, 6.07) is 18.2. The van der Waals surface area contributed by atoms with Crippen molar-refractivity contribution in [3.8, 4) is 0 Å². The van der Waals surface area contributed by atoms with Crippen LogP contribution in [0.2, 0.25) is 0 Å².